The fourth-order valence-electron chi connectivity index (χ4n) is 1.62. The van der Waals surface area contributed by atoms with Crippen LogP contribution in [-0.2, 0) is 29.2 Å². The number of epoxide rings is 1. The maximum atomic E-state index is 11.7. The summed E-state index contributed by atoms with van der Waals surface area (Å²) in [7, 11) is 0. The highest BCUT2D eigenvalue weighted by molar-refractivity contribution is 4.89. The molecule has 2 aliphatic heterocycles. The molecule has 2 aliphatic rings. The second-order valence-corrected chi connectivity index (χ2v) is 3.54. The van der Waals surface area contributed by atoms with Crippen molar-refractivity contribution in [2.24, 2.45) is 0 Å². The average molecular weight is 197 g/mol. The molecule has 1 atom stereocenters. The van der Waals surface area contributed by atoms with Gasteiger partial charge in [0.2, 0.25) is 0 Å². The standard InChI is InChI=1S/C8H11N3O3/c12-8-10-1-2-13-5-7(10)9-11(8)3-6-4-14-6/h6H,1-5H2. The van der Waals surface area contributed by atoms with Crippen molar-refractivity contribution in [3.63, 3.8) is 0 Å². The van der Waals surface area contributed by atoms with Gasteiger partial charge in [-0.1, -0.05) is 0 Å². The molecule has 3 heterocycles. The van der Waals surface area contributed by atoms with Gasteiger partial charge < -0.3 is 9.47 Å². The van der Waals surface area contributed by atoms with Gasteiger partial charge in [-0.05, 0) is 0 Å². The lowest BCUT2D eigenvalue weighted by Crippen LogP contribution is -2.29. The third kappa shape index (κ3) is 1.27. The highest BCUT2D eigenvalue weighted by atomic mass is 16.6. The van der Waals surface area contributed by atoms with Crippen molar-refractivity contribution >= 4 is 0 Å². The Bertz CT molecular complexity index is 404. The Balaban J connectivity index is 1.95. The highest BCUT2D eigenvalue weighted by Gasteiger charge is 2.26. The SMILES string of the molecule is O=c1n(CC2CO2)nc2n1CCOC2. The Morgan fingerprint density at radius 2 is 2.43 bits per heavy atom. The molecule has 0 spiro atoms. The van der Waals surface area contributed by atoms with Gasteiger partial charge in [-0.25, -0.2) is 9.48 Å². The molecule has 0 aromatic carbocycles. The second-order valence-electron chi connectivity index (χ2n) is 3.54. The quantitative estimate of drug-likeness (QED) is 0.569. The van der Waals surface area contributed by atoms with Gasteiger partial charge in [-0.15, -0.1) is 0 Å². The summed E-state index contributed by atoms with van der Waals surface area (Å²) in [6.07, 6.45) is 0.186. The maximum absolute atomic E-state index is 11.7. The second kappa shape index (κ2) is 2.93. The van der Waals surface area contributed by atoms with Crippen LogP contribution in [-0.4, -0.2) is 33.7 Å². The van der Waals surface area contributed by atoms with Crippen molar-refractivity contribution in [2.45, 2.75) is 25.8 Å². The molecule has 6 heteroatoms. The molecule has 1 aromatic rings. The number of rotatable bonds is 2. The molecule has 14 heavy (non-hydrogen) atoms. The minimum absolute atomic E-state index is 0.0428. The average Bonchev–Trinajstić information content (AvgIpc) is 2.95. The number of hydrogen-bond acceptors (Lipinski definition) is 4. The van der Waals surface area contributed by atoms with Gasteiger partial charge in [0, 0.05) is 0 Å². The minimum atomic E-state index is -0.0428. The van der Waals surface area contributed by atoms with Crippen molar-refractivity contribution in [3.8, 4) is 0 Å². The lowest BCUT2D eigenvalue weighted by Gasteiger charge is -2.11. The molecule has 0 N–H and O–H groups in total. The zero-order valence-corrected chi connectivity index (χ0v) is 7.68. The van der Waals surface area contributed by atoms with Crippen LogP contribution in [0.1, 0.15) is 5.82 Å². The van der Waals surface area contributed by atoms with Gasteiger partial charge in [-0.3, -0.25) is 4.57 Å². The summed E-state index contributed by atoms with van der Waals surface area (Å²) in [5, 5.41) is 4.19. The van der Waals surface area contributed by atoms with Gasteiger partial charge >= 0.3 is 5.69 Å². The first kappa shape index (κ1) is 8.19. The van der Waals surface area contributed by atoms with Crippen molar-refractivity contribution in [1.82, 2.24) is 14.3 Å². The summed E-state index contributed by atoms with van der Waals surface area (Å²) in [6, 6.07) is 0. The predicted molar refractivity (Wildman–Crippen MR) is 45.9 cm³/mol. The van der Waals surface area contributed by atoms with E-state index in [-0.39, 0.29) is 11.8 Å². The van der Waals surface area contributed by atoms with Gasteiger partial charge in [0.25, 0.3) is 0 Å². The van der Waals surface area contributed by atoms with Crippen molar-refractivity contribution < 1.29 is 9.47 Å². The largest absolute Gasteiger partial charge is 0.372 e. The van der Waals surface area contributed by atoms with Crippen LogP contribution in [0.15, 0.2) is 4.79 Å². The van der Waals surface area contributed by atoms with Crippen LogP contribution < -0.4 is 5.69 Å². The molecule has 1 aromatic heterocycles. The number of ether oxygens (including phenoxy) is 2. The molecule has 0 amide bonds. The predicted octanol–water partition coefficient (Wildman–Crippen LogP) is -1.03. The summed E-state index contributed by atoms with van der Waals surface area (Å²) in [4.78, 5) is 11.7. The first-order chi connectivity index (χ1) is 6.84. The van der Waals surface area contributed by atoms with Crippen molar-refractivity contribution in [3.05, 3.63) is 16.3 Å². The van der Waals surface area contributed by atoms with E-state index >= 15 is 0 Å². The van der Waals surface area contributed by atoms with Crippen molar-refractivity contribution in [2.75, 3.05) is 13.2 Å². The number of aromatic nitrogens is 3. The van der Waals surface area contributed by atoms with E-state index in [1.54, 1.807) is 4.57 Å². The third-order valence-electron chi connectivity index (χ3n) is 2.47. The molecule has 1 unspecified atom stereocenters. The number of hydrogen-bond donors (Lipinski definition) is 0. The van der Waals surface area contributed by atoms with Crippen LogP contribution in [0, 0.1) is 0 Å². The van der Waals surface area contributed by atoms with E-state index in [1.807, 2.05) is 0 Å². The first-order valence-electron chi connectivity index (χ1n) is 4.70. The summed E-state index contributed by atoms with van der Waals surface area (Å²) in [6.45, 7) is 2.95. The summed E-state index contributed by atoms with van der Waals surface area (Å²) in [5.74, 6) is 0.724. The first-order valence-corrected chi connectivity index (χ1v) is 4.70. The molecule has 3 rings (SSSR count). The fraction of sp³-hybridized carbons (Fsp3) is 0.750. The molecule has 0 aliphatic carbocycles. The smallest absolute Gasteiger partial charge is 0.346 e. The minimum Gasteiger partial charge on any atom is -0.372 e. The van der Waals surface area contributed by atoms with Crippen molar-refractivity contribution in [1.29, 1.82) is 0 Å². The van der Waals surface area contributed by atoms with Crippen LogP contribution >= 0.6 is 0 Å². The number of fused-ring (bicyclic) bond motifs is 1. The van der Waals surface area contributed by atoms with Crippen LogP contribution in [0.2, 0.25) is 0 Å². The van der Waals surface area contributed by atoms with E-state index in [0.717, 1.165) is 12.4 Å². The molecule has 0 saturated carbocycles. The fourth-order valence-corrected chi connectivity index (χ4v) is 1.62. The van der Waals surface area contributed by atoms with E-state index in [1.165, 1.54) is 4.68 Å². The molecule has 0 radical (unpaired) electrons. The Morgan fingerprint density at radius 3 is 3.14 bits per heavy atom. The molecule has 1 saturated heterocycles. The van der Waals surface area contributed by atoms with Gasteiger partial charge in [-0.2, -0.15) is 5.10 Å². The lowest BCUT2D eigenvalue weighted by atomic mass is 10.5. The van der Waals surface area contributed by atoms with E-state index in [2.05, 4.69) is 5.10 Å². The van der Waals surface area contributed by atoms with Gasteiger partial charge in [0.05, 0.1) is 26.3 Å². The molecular formula is C8H11N3O3. The van der Waals surface area contributed by atoms with Crippen LogP contribution in [0.25, 0.3) is 0 Å². The Labute approximate surface area is 80.0 Å². The Morgan fingerprint density at radius 1 is 1.57 bits per heavy atom. The summed E-state index contributed by atoms with van der Waals surface area (Å²) >= 11 is 0. The zero-order chi connectivity index (χ0) is 9.54. The van der Waals surface area contributed by atoms with Crippen LogP contribution in [0.3, 0.4) is 0 Å². The topological polar surface area (TPSA) is 61.6 Å². The van der Waals surface area contributed by atoms with E-state index < -0.39 is 0 Å². The van der Waals surface area contributed by atoms with Crippen LogP contribution in [0.5, 0.6) is 0 Å². The monoisotopic (exact) mass is 197 g/mol. The summed E-state index contributed by atoms with van der Waals surface area (Å²) < 4.78 is 13.4. The van der Waals surface area contributed by atoms with E-state index in [0.29, 0.717) is 26.3 Å². The third-order valence-corrected chi connectivity index (χ3v) is 2.47. The summed E-state index contributed by atoms with van der Waals surface area (Å²) in [5.41, 5.74) is -0.0428. The maximum Gasteiger partial charge on any atom is 0.346 e. The Kier molecular flexibility index (Phi) is 1.71. The molecule has 0 bridgehead atoms. The lowest BCUT2D eigenvalue weighted by molar-refractivity contribution is 0.0805. The molecule has 76 valence electrons. The van der Waals surface area contributed by atoms with Gasteiger partial charge in [0.15, 0.2) is 5.82 Å². The van der Waals surface area contributed by atoms with E-state index in [4.69, 9.17) is 9.47 Å². The normalized spacial score (nSPS) is 24.7. The van der Waals surface area contributed by atoms with E-state index in [9.17, 15) is 4.79 Å². The zero-order valence-electron chi connectivity index (χ0n) is 7.68. The van der Waals surface area contributed by atoms with Crippen LogP contribution in [0.4, 0.5) is 0 Å². The molecule has 6 nitrogen and oxygen atoms in total. The molecular weight excluding hydrogens is 186 g/mol. The Hall–Kier alpha value is -1.14. The number of nitrogens with zero attached hydrogens (tertiary/aromatic N) is 3. The molecule has 1 fully saturated rings. The van der Waals surface area contributed by atoms with Gasteiger partial charge in [0.1, 0.15) is 12.7 Å². The highest BCUT2D eigenvalue weighted by Crippen LogP contribution is 2.10.